The van der Waals surface area contributed by atoms with Gasteiger partial charge in [0.1, 0.15) is 5.52 Å². The number of aliphatic hydroxyl groups is 1. The van der Waals surface area contributed by atoms with Gasteiger partial charge in [-0.25, -0.2) is 4.79 Å². The van der Waals surface area contributed by atoms with Gasteiger partial charge in [-0.2, -0.15) is 4.98 Å². The van der Waals surface area contributed by atoms with Crippen LogP contribution in [0, 0.1) is 0 Å². The first-order valence-electron chi connectivity index (χ1n) is 7.80. The molecule has 1 aromatic heterocycles. The van der Waals surface area contributed by atoms with E-state index < -0.39 is 5.60 Å². The van der Waals surface area contributed by atoms with Gasteiger partial charge in [-0.3, -0.25) is 0 Å². The van der Waals surface area contributed by atoms with Gasteiger partial charge in [0.05, 0.1) is 5.60 Å². The number of hydrogen-bond donors (Lipinski definition) is 3. The lowest BCUT2D eigenvalue weighted by Crippen LogP contribution is -2.42. The number of hydrogen-bond acceptors (Lipinski definition) is 5. The summed E-state index contributed by atoms with van der Waals surface area (Å²) in [7, 11) is 3.70. The molecule has 0 aliphatic heterocycles. The molecule has 1 aliphatic carbocycles. The quantitative estimate of drug-likeness (QED) is 0.805. The number of carbonyl (C=O) groups is 1. The van der Waals surface area contributed by atoms with Crippen LogP contribution in [0.25, 0.3) is 11.1 Å². The van der Waals surface area contributed by atoms with Crippen LogP contribution >= 0.6 is 0 Å². The van der Waals surface area contributed by atoms with E-state index in [1.165, 1.54) is 0 Å². The number of amides is 2. The summed E-state index contributed by atoms with van der Waals surface area (Å²) in [5.74, 6) is 0. The molecule has 124 valence electrons. The molecule has 3 rings (SSSR count). The van der Waals surface area contributed by atoms with E-state index in [0.29, 0.717) is 17.3 Å². The summed E-state index contributed by atoms with van der Waals surface area (Å²) >= 11 is 0. The van der Waals surface area contributed by atoms with Gasteiger partial charge >= 0.3 is 6.03 Å². The second kappa shape index (κ2) is 6.08. The molecule has 1 aromatic carbocycles. The van der Waals surface area contributed by atoms with E-state index in [0.717, 1.165) is 31.2 Å². The van der Waals surface area contributed by atoms with E-state index in [-0.39, 0.29) is 12.6 Å². The number of benzene rings is 1. The molecule has 7 nitrogen and oxygen atoms in total. The van der Waals surface area contributed by atoms with E-state index in [1.54, 1.807) is 23.1 Å². The van der Waals surface area contributed by atoms with E-state index >= 15 is 0 Å². The predicted octanol–water partition coefficient (Wildman–Crippen LogP) is 2.32. The van der Waals surface area contributed by atoms with Crippen molar-refractivity contribution in [1.82, 2.24) is 10.3 Å². The third-order valence-electron chi connectivity index (χ3n) is 4.13. The average molecular weight is 318 g/mol. The molecule has 0 bridgehead atoms. The fourth-order valence-electron chi connectivity index (χ4n) is 2.81. The molecule has 2 amide bonds. The Morgan fingerprint density at radius 3 is 2.83 bits per heavy atom. The molecule has 3 N–H and O–H groups in total. The first-order chi connectivity index (χ1) is 11.0. The normalized spacial score (nSPS) is 16.5. The zero-order chi connectivity index (χ0) is 16.4. The largest absolute Gasteiger partial charge is 0.423 e. The highest BCUT2D eigenvalue weighted by molar-refractivity contribution is 5.91. The maximum Gasteiger partial charge on any atom is 0.319 e. The van der Waals surface area contributed by atoms with E-state index in [9.17, 15) is 9.90 Å². The maximum atomic E-state index is 12.0. The standard InChI is InChI=1S/C16H22N4O3/c1-20(2)15-19-12-6-5-11(9-13(12)23-15)18-14(21)17-10-16(22)7-3-4-8-16/h5-6,9,22H,3-4,7-8,10H2,1-2H3,(H2,17,18,21). The molecular weight excluding hydrogens is 296 g/mol. The lowest BCUT2D eigenvalue weighted by Gasteiger charge is -2.22. The number of rotatable bonds is 4. The Morgan fingerprint density at radius 2 is 2.13 bits per heavy atom. The van der Waals surface area contributed by atoms with Crippen LogP contribution in [0.3, 0.4) is 0 Å². The Bertz CT molecular complexity index is 704. The molecule has 1 heterocycles. The monoisotopic (exact) mass is 318 g/mol. The minimum absolute atomic E-state index is 0.272. The molecule has 1 fully saturated rings. The van der Waals surface area contributed by atoms with Gasteiger partial charge < -0.3 is 25.1 Å². The minimum atomic E-state index is -0.757. The number of nitrogens with zero attached hydrogens (tertiary/aromatic N) is 2. The van der Waals surface area contributed by atoms with Gasteiger partial charge in [0.15, 0.2) is 5.58 Å². The van der Waals surface area contributed by atoms with Crippen molar-refractivity contribution in [2.45, 2.75) is 31.3 Å². The van der Waals surface area contributed by atoms with Gasteiger partial charge in [0.2, 0.25) is 0 Å². The van der Waals surface area contributed by atoms with E-state index in [2.05, 4.69) is 15.6 Å². The number of oxazole rings is 1. The van der Waals surface area contributed by atoms with Crippen LogP contribution in [0.4, 0.5) is 16.5 Å². The van der Waals surface area contributed by atoms with Crippen molar-refractivity contribution in [2.75, 3.05) is 30.9 Å². The van der Waals surface area contributed by atoms with Crippen LogP contribution in [0.5, 0.6) is 0 Å². The second-order valence-electron chi connectivity index (χ2n) is 6.31. The highest BCUT2D eigenvalue weighted by Crippen LogP contribution is 2.28. The van der Waals surface area contributed by atoms with Crippen molar-refractivity contribution in [3.05, 3.63) is 18.2 Å². The van der Waals surface area contributed by atoms with Gasteiger partial charge in [0.25, 0.3) is 6.01 Å². The van der Waals surface area contributed by atoms with Crippen molar-refractivity contribution >= 4 is 28.8 Å². The Balaban J connectivity index is 1.62. The number of anilines is 2. The van der Waals surface area contributed by atoms with Crippen LogP contribution in [-0.4, -0.2) is 42.4 Å². The Labute approximate surface area is 134 Å². The second-order valence-corrected chi connectivity index (χ2v) is 6.31. The molecule has 23 heavy (non-hydrogen) atoms. The molecule has 0 saturated heterocycles. The molecule has 7 heteroatoms. The molecule has 1 aliphatic rings. The van der Waals surface area contributed by atoms with Crippen molar-refractivity contribution < 1.29 is 14.3 Å². The molecule has 1 saturated carbocycles. The van der Waals surface area contributed by atoms with E-state index in [1.807, 2.05) is 14.1 Å². The lowest BCUT2D eigenvalue weighted by molar-refractivity contribution is 0.0506. The fraction of sp³-hybridized carbons (Fsp3) is 0.500. The Kier molecular flexibility index (Phi) is 4.12. The van der Waals surface area contributed by atoms with Gasteiger partial charge in [0, 0.05) is 32.4 Å². The number of fused-ring (bicyclic) bond motifs is 1. The van der Waals surface area contributed by atoms with Crippen molar-refractivity contribution in [1.29, 1.82) is 0 Å². The fourth-order valence-corrected chi connectivity index (χ4v) is 2.81. The summed E-state index contributed by atoms with van der Waals surface area (Å²) in [6.45, 7) is 0.272. The SMILES string of the molecule is CN(C)c1nc2ccc(NC(=O)NCC3(O)CCCC3)cc2o1. The van der Waals surface area contributed by atoms with Crippen molar-refractivity contribution in [2.24, 2.45) is 0 Å². The Morgan fingerprint density at radius 1 is 1.39 bits per heavy atom. The van der Waals surface area contributed by atoms with Crippen LogP contribution in [0.2, 0.25) is 0 Å². The molecule has 0 radical (unpaired) electrons. The first kappa shape index (κ1) is 15.6. The summed E-state index contributed by atoms with van der Waals surface area (Å²) in [6, 6.07) is 5.49. The first-order valence-corrected chi connectivity index (χ1v) is 7.80. The summed E-state index contributed by atoms with van der Waals surface area (Å²) in [4.78, 5) is 18.1. The number of aromatic nitrogens is 1. The van der Waals surface area contributed by atoms with Crippen LogP contribution in [0.1, 0.15) is 25.7 Å². The lowest BCUT2D eigenvalue weighted by atomic mass is 10.0. The van der Waals surface area contributed by atoms with Crippen molar-refractivity contribution in [3.8, 4) is 0 Å². The third-order valence-corrected chi connectivity index (χ3v) is 4.13. The van der Waals surface area contributed by atoms with Gasteiger partial charge in [-0.05, 0) is 25.0 Å². The van der Waals surface area contributed by atoms with Crippen LogP contribution in [0.15, 0.2) is 22.6 Å². The predicted molar refractivity (Wildman–Crippen MR) is 88.8 cm³/mol. The maximum absolute atomic E-state index is 12.0. The van der Waals surface area contributed by atoms with Crippen LogP contribution in [-0.2, 0) is 0 Å². The third kappa shape index (κ3) is 3.56. The molecule has 0 atom stereocenters. The topological polar surface area (TPSA) is 90.6 Å². The summed E-state index contributed by atoms with van der Waals surface area (Å²) in [6.07, 6.45) is 3.50. The zero-order valence-corrected chi connectivity index (χ0v) is 13.4. The molecule has 2 aromatic rings. The average Bonchev–Trinajstić information content (AvgIpc) is 3.12. The van der Waals surface area contributed by atoms with Gasteiger partial charge in [-0.15, -0.1) is 0 Å². The Hall–Kier alpha value is -2.28. The highest BCUT2D eigenvalue weighted by atomic mass is 16.4. The smallest absolute Gasteiger partial charge is 0.319 e. The van der Waals surface area contributed by atoms with Crippen molar-refractivity contribution in [3.63, 3.8) is 0 Å². The van der Waals surface area contributed by atoms with Crippen LogP contribution < -0.4 is 15.5 Å². The highest BCUT2D eigenvalue weighted by Gasteiger charge is 2.31. The summed E-state index contributed by atoms with van der Waals surface area (Å²) in [5.41, 5.74) is 1.21. The molecule has 0 unspecified atom stereocenters. The van der Waals surface area contributed by atoms with Gasteiger partial charge in [-0.1, -0.05) is 12.8 Å². The minimum Gasteiger partial charge on any atom is -0.423 e. The number of urea groups is 1. The number of nitrogens with one attached hydrogen (secondary N) is 2. The zero-order valence-electron chi connectivity index (χ0n) is 13.4. The molecule has 0 spiro atoms. The summed E-state index contributed by atoms with van der Waals surface area (Å²) < 4.78 is 5.61. The molecular formula is C16H22N4O3. The number of carbonyl (C=O) groups excluding carboxylic acids is 1. The van der Waals surface area contributed by atoms with E-state index in [4.69, 9.17) is 4.42 Å². The summed E-state index contributed by atoms with van der Waals surface area (Å²) in [5, 5.41) is 15.7.